The molecule has 4 nitrogen and oxygen atoms in total. The second kappa shape index (κ2) is 6.53. The van der Waals surface area contributed by atoms with Crippen molar-refractivity contribution in [3.8, 4) is 0 Å². The number of amides is 1. The van der Waals surface area contributed by atoms with Crippen LogP contribution in [0.15, 0.2) is 0 Å². The maximum Gasteiger partial charge on any atom is 0.225 e. The maximum absolute atomic E-state index is 12.2. The van der Waals surface area contributed by atoms with Gasteiger partial charge < -0.3 is 14.5 Å². The van der Waals surface area contributed by atoms with Crippen LogP contribution < -0.4 is 0 Å². The van der Waals surface area contributed by atoms with Crippen molar-refractivity contribution in [2.75, 3.05) is 33.4 Å². The van der Waals surface area contributed by atoms with E-state index in [9.17, 15) is 4.79 Å². The summed E-state index contributed by atoms with van der Waals surface area (Å²) < 4.78 is 5.29. The summed E-state index contributed by atoms with van der Waals surface area (Å²) in [6, 6.07) is 1.04. The molecule has 0 aromatic heterocycles. The lowest BCUT2D eigenvalue weighted by Gasteiger charge is -2.33. The fourth-order valence-electron chi connectivity index (χ4n) is 3.37. The van der Waals surface area contributed by atoms with Gasteiger partial charge in [0, 0.05) is 25.2 Å². The van der Waals surface area contributed by atoms with Crippen LogP contribution in [-0.2, 0) is 9.53 Å². The van der Waals surface area contributed by atoms with Crippen molar-refractivity contribution in [2.45, 2.75) is 51.1 Å². The van der Waals surface area contributed by atoms with Crippen molar-refractivity contribution in [3.05, 3.63) is 0 Å². The average Bonchev–Trinajstić information content (AvgIpc) is 2.97. The third kappa shape index (κ3) is 3.04. The topological polar surface area (TPSA) is 32.8 Å². The Kier molecular flexibility index (Phi) is 5.01. The molecule has 0 unspecified atom stereocenters. The molecule has 18 heavy (non-hydrogen) atoms. The van der Waals surface area contributed by atoms with E-state index in [1.807, 2.05) is 6.92 Å². The highest BCUT2D eigenvalue weighted by Gasteiger charge is 2.37. The number of carbonyl (C=O) groups is 1. The Balaban J connectivity index is 1.88. The Hall–Kier alpha value is -0.610. The number of nitrogens with zero attached hydrogens (tertiary/aromatic N) is 2. The van der Waals surface area contributed by atoms with Crippen molar-refractivity contribution in [1.82, 2.24) is 9.80 Å². The fraction of sp³-hybridized carbons (Fsp3) is 0.929. The lowest BCUT2D eigenvalue weighted by Crippen LogP contribution is -2.47. The van der Waals surface area contributed by atoms with Crippen LogP contribution in [-0.4, -0.2) is 61.1 Å². The third-order valence-corrected chi connectivity index (χ3v) is 4.30. The zero-order chi connectivity index (χ0) is 13.0. The van der Waals surface area contributed by atoms with Crippen LogP contribution in [0.3, 0.4) is 0 Å². The molecular formula is C14H26N2O2. The van der Waals surface area contributed by atoms with Gasteiger partial charge in [-0.3, -0.25) is 4.79 Å². The second-order valence-corrected chi connectivity index (χ2v) is 5.43. The molecule has 2 atom stereocenters. The van der Waals surface area contributed by atoms with Crippen LogP contribution in [0.4, 0.5) is 0 Å². The lowest BCUT2D eigenvalue weighted by atomic mass is 10.0. The molecule has 0 aromatic carbocycles. The summed E-state index contributed by atoms with van der Waals surface area (Å²) in [5, 5.41) is 0. The summed E-state index contributed by atoms with van der Waals surface area (Å²) in [6.07, 6.45) is 5.40. The molecule has 2 rings (SSSR count). The van der Waals surface area contributed by atoms with Crippen LogP contribution in [0.5, 0.6) is 0 Å². The first kappa shape index (κ1) is 13.8. The Morgan fingerprint density at radius 1 is 1.22 bits per heavy atom. The second-order valence-electron chi connectivity index (χ2n) is 5.43. The summed E-state index contributed by atoms with van der Waals surface area (Å²) in [5.41, 5.74) is 0. The normalized spacial score (nSPS) is 29.1. The predicted molar refractivity (Wildman–Crippen MR) is 71.5 cm³/mol. The Morgan fingerprint density at radius 2 is 1.94 bits per heavy atom. The van der Waals surface area contributed by atoms with Crippen molar-refractivity contribution in [2.24, 2.45) is 0 Å². The number of carbonyl (C=O) groups excluding carboxylic acids is 1. The minimum atomic E-state index is 0.284. The Labute approximate surface area is 110 Å². The minimum absolute atomic E-state index is 0.284. The molecule has 2 aliphatic heterocycles. The first-order valence-corrected chi connectivity index (χ1v) is 7.31. The van der Waals surface area contributed by atoms with Gasteiger partial charge in [0.2, 0.25) is 5.91 Å². The first-order chi connectivity index (χ1) is 8.74. The van der Waals surface area contributed by atoms with Crippen molar-refractivity contribution < 1.29 is 9.53 Å². The number of ether oxygens (including phenoxy) is 1. The van der Waals surface area contributed by atoms with E-state index in [0.29, 0.717) is 31.7 Å². The van der Waals surface area contributed by atoms with E-state index >= 15 is 0 Å². The quantitative estimate of drug-likeness (QED) is 0.697. The number of hydrogen-bond acceptors (Lipinski definition) is 3. The van der Waals surface area contributed by atoms with Crippen LogP contribution in [0, 0.1) is 0 Å². The van der Waals surface area contributed by atoms with Gasteiger partial charge in [0.1, 0.15) is 0 Å². The molecule has 104 valence electrons. The largest absolute Gasteiger partial charge is 0.381 e. The van der Waals surface area contributed by atoms with Crippen LogP contribution in [0.1, 0.15) is 39.0 Å². The lowest BCUT2D eigenvalue weighted by molar-refractivity contribution is -0.134. The summed E-state index contributed by atoms with van der Waals surface area (Å²) in [7, 11) is 2.19. The van der Waals surface area contributed by atoms with Crippen LogP contribution in [0.2, 0.25) is 0 Å². The first-order valence-electron chi connectivity index (χ1n) is 7.31. The van der Waals surface area contributed by atoms with Gasteiger partial charge in [-0.2, -0.15) is 0 Å². The molecule has 2 fully saturated rings. The van der Waals surface area contributed by atoms with Crippen LogP contribution in [0.25, 0.3) is 0 Å². The highest BCUT2D eigenvalue weighted by atomic mass is 16.5. The molecular weight excluding hydrogens is 228 g/mol. The third-order valence-electron chi connectivity index (χ3n) is 4.30. The van der Waals surface area contributed by atoms with Crippen molar-refractivity contribution in [3.63, 3.8) is 0 Å². The molecule has 0 saturated carbocycles. The minimum Gasteiger partial charge on any atom is -0.381 e. The number of hydrogen-bond donors (Lipinski definition) is 0. The molecule has 2 saturated heterocycles. The van der Waals surface area contributed by atoms with Gasteiger partial charge in [-0.1, -0.05) is 0 Å². The standard InChI is InChI=1S/C14H26N2O2/c1-3-18-11-8-14(17)16-10-5-7-13(16)12-6-4-9-15(12)2/h12-13H,3-11H2,1-2H3/t12-,13-/m0/s1. The molecule has 0 bridgehead atoms. The molecule has 0 aliphatic carbocycles. The smallest absolute Gasteiger partial charge is 0.225 e. The molecule has 0 aromatic rings. The SMILES string of the molecule is CCOCCC(=O)N1CCC[C@H]1[C@@H]1CCCN1C. The van der Waals surface area contributed by atoms with E-state index in [0.717, 1.165) is 13.0 Å². The van der Waals surface area contributed by atoms with Crippen molar-refractivity contribution >= 4 is 5.91 Å². The van der Waals surface area contributed by atoms with E-state index in [4.69, 9.17) is 4.74 Å². The predicted octanol–water partition coefficient (Wildman–Crippen LogP) is 1.50. The van der Waals surface area contributed by atoms with E-state index in [1.54, 1.807) is 0 Å². The van der Waals surface area contributed by atoms with Gasteiger partial charge in [0.25, 0.3) is 0 Å². The summed E-state index contributed by atoms with van der Waals surface area (Å²) >= 11 is 0. The Bertz CT molecular complexity index is 283. The fourth-order valence-corrected chi connectivity index (χ4v) is 3.37. The molecule has 0 spiro atoms. The maximum atomic E-state index is 12.2. The zero-order valence-corrected chi connectivity index (χ0v) is 11.7. The van der Waals surface area contributed by atoms with Gasteiger partial charge in [0.05, 0.1) is 13.0 Å². The van der Waals surface area contributed by atoms with E-state index in [-0.39, 0.29) is 5.91 Å². The molecule has 1 amide bonds. The Morgan fingerprint density at radius 3 is 2.61 bits per heavy atom. The molecule has 4 heteroatoms. The zero-order valence-electron chi connectivity index (χ0n) is 11.7. The van der Waals surface area contributed by atoms with Gasteiger partial charge in [-0.05, 0) is 46.2 Å². The van der Waals surface area contributed by atoms with E-state index < -0.39 is 0 Å². The van der Waals surface area contributed by atoms with Gasteiger partial charge in [-0.15, -0.1) is 0 Å². The number of rotatable bonds is 5. The van der Waals surface area contributed by atoms with E-state index in [2.05, 4.69) is 16.8 Å². The molecule has 0 radical (unpaired) electrons. The number of likely N-dealkylation sites (tertiary alicyclic amines) is 2. The summed E-state index contributed by atoms with van der Waals surface area (Å²) in [6.45, 7) is 5.36. The van der Waals surface area contributed by atoms with Gasteiger partial charge in [-0.25, -0.2) is 0 Å². The van der Waals surface area contributed by atoms with Crippen LogP contribution >= 0.6 is 0 Å². The molecule has 0 N–H and O–H groups in total. The van der Waals surface area contributed by atoms with Gasteiger partial charge in [0.15, 0.2) is 0 Å². The van der Waals surface area contributed by atoms with E-state index in [1.165, 1.54) is 25.8 Å². The highest BCUT2D eigenvalue weighted by molar-refractivity contribution is 5.77. The summed E-state index contributed by atoms with van der Waals surface area (Å²) in [5.74, 6) is 0.284. The summed E-state index contributed by atoms with van der Waals surface area (Å²) in [4.78, 5) is 16.8. The molecule has 2 aliphatic rings. The van der Waals surface area contributed by atoms with Crippen molar-refractivity contribution in [1.29, 1.82) is 0 Å². The average molecular weight is 254 g/mol. The highest BCUT2D eigenvalue weighted by Crippen LogP contribution is 2.29. The number of likely N-dealkylation sites (N-methyl/N-ethyl adjacent to an activating group) is 1. The van der Waals surface area contributed by atoms with Gasteiger partial charge >= 0.3 is 0 Å². The molecule has 2 heterocycles. The monoisotopic (exact) mass is 254 g/mol.